The van der Waals surface area contributed by atoms with Crippen LogP contribution in [0.5, 0.6) is 0 Å². The van der Waals surface area contributed by atoms with Crippen LogP contribution < -0.4 is 0 Å². The van der Waals surface area contributed by atoms with E-state index >= 15 is 0 Å². The van der Waals surface area contributed by atoms with E-state index in [-0.39, 0.29) is 11.8 Å². The third-order valence-electron chi connectivity index (χ3n) is 4.74. The highest BCUT2D eigenvalue weighted by Crippen LogP contribution is 2.25. The highest BCUT2D eigenvalue weighted by atomic mass is 32.2. The standard InChI is InChI=1S/C20H23N3OS/c1-14-3-4-18-17(11-14)15(2)12-19(22-18)25-10-7-20(24)23-8-5-16(13-21)6-9-23/h3-4,11-12,16H,5-10H2,1-2H3. The molecule has 3 rings (SSSR count). The van der Waals surface area contributed by atoms with Crippen LogP contribution in [0.25, 0.3) is 10.9 Å². The lowest BCUT2D eigenvalue weighted by Gasteiger charge is -2.29. The number of piperidine rings is 1. The third-order valence-corrected chi connectivity index (χ3v) is 5.66. The van der Waals surface area contributed by atoms with Crippen molar-refractivity contribution < 1.29 is 4.79 Å². The van der Waals surface area contributed by atoms with Gasteiger partial charge in [-0.3, -0.25) is 4.79 Å². The second kappa shape index (κ2) is 7.88. The number of carbonyl (C=O) groups is 1. The monoisotopic (exact) mass is 353 g/mol. The van der Waals surface area contributed by atoms with Gasteiger partial charge in [0.1, 0.15) is 0 Å². The Bertz CT molecular complexity index is 820. The Morgan fingerprint density at radius 2 is 2.08 bits per heavy atom. The van der Waals surface area contributed by atoms with Gasteiger partial charge >= 0.3 is 0 Å². The van der Waals surface area contributed by atoms with Gasteiger partial charge in [0, 0.05) is 36.6 Å². The van der Waals surface area contributed by atoms with E-state index in [1.165, 1.54) is 16.5 Å². The molecule has 4 nitrogen and oxygen atoms in total. The maximum atomic E-state index is 12.3. The topological polar surface area (TPSA) is 57.0 Å². The molecule has 1 aromatic heterocycles. The maximum absolute atomic E-state index is 12.3. The number of benzene rings is 1. The molecule has 2 heterocycles. The molecule has 1 saturated heterocycles. The number of rotatable bonds is 4. The molecule has 1 fully saturated rings. The quantitative estimate of drug-likeness (QED) is 0.777. The van der Waals surface area contributed by atoms with Gasteiger partial charge in [-0.2, -0.15) is 5.26 Å². The fourth-order valence-corrected chi connectivity index (χ4v) is 4.12. The number of aromatic nitrogens is 1. The van der Waals surface area contributed by atoms with Gasteiger partial charge in [0.05, 0.1) is 16.6 Å². The number of carbonyl (C=O) groups excluding carboxylic acids is 1. The number of nitriles is 1. The SMILES string of the molecule is Cc1ccc2nc(SCCC(=O)N3CCC(C#N)CC3)cc(C)c2c1. The summed E-state index contributed by atoms with van der Waals surface area (Å²) in [4.78, 5) is 18.9. The van der Waals surface area contributed by atoms with Crippen molar-refractivity contribution in [1.82, 2.24) is 9.88 Å². The van der Waals surface area contributed by atoms with Crippen LogP contribution >= 0.6 is 11.8 Å². The van der Waals surface area contributed by atoms with Crippen molar-refractivity contribution in [3.05, 3.63) is 35.4 Å². The molecule has 0 radical (unpaired) electrons. The second-order valence-corrected chi connectivity index (χ2v) is 7.80. The first-order valence-corrected chi connectivity index (χ1v) is 9.73. The van der Waals surface area contributed by atoms with Crippen molar-refractivity contribution in [2.24, 2.45) is 5.92 Å². The molecule has 2 aromatic rings. The molecule has 1 aliphatic rings. The van der Waals surface area contributed by atoms with Gasteiger partial charge in [-0.15, -0.1) is 11.8 Å². The third kappa shape index (κ3) is 4.32. The minimum Gasteiger partial charge on any atom is -0.343 e. The fraction of sp³-hybridized carbons (Fsp3) is 0.450. The van der Waals surface area contributed by atoms with E-state index in [2.05, 4.69) is 44.2 Å². The molecule has 0 N–H and O–H groups in total. The summed E-state index contributed by atoms with van der Waals surface area (Å²) in [7, 11) is 0. The normalized spacial score (nSPS) is 15.3. The fourth-order valence-electron chi connectivity index (χ4n) is 3.21. The summed E-state index contributed by atoms with van der Waals surface area (Å²) < 4.78 is 0. The predicted molar refractivity (Wildman–Crippen MR) is 101 cm³/mol. The predicted octanol–water partition coefficient (Wildman–Crippen LogP) is 4.10. The number of nitrogens with zero attached hydrogens (tertiary/aromatic N) is 3. The average Bonchev–Trinajstić information content (AvgIpc) is 2.62. The van der Waals surface area contributed by atoms with Crippen LogP contribution in [0.2, 0.25) is 0 Å². The molecule has 25 heavy (non-hydrogen) atoms. The van der Waals surface area contributed by atoms with Crippen molar-refractivity contribution in [2.45, 2.75) is 38.1 Å². The molecule has 0 saturated carbocycles. The van der Waals surface area contributed by atoms with Gasteiger partial charge in [-0.05, 0) is 50.5 Å². The van der Waals surface area contributed by atoms with Gasteiger partial charge in [0.2, 0.25) is 5.91 Å². The van der Waals surface area contributed by atoms with E-state index in [0.717, 1.165) is 29.1 Å². The van der Waals surface area contributed by atoms with Crippen molar-refractivity contribution in [2.75, 3.05) is 18.8 Å². The van der Waals surface area contributed by atoms with Crippen LogP contribution in [0.15, 0.2) is 29.3 Å². The number of amides is 1. The van der Waals surface area contributed by atoms with Gasteiger partial charge < -0.3 is 4.90 Å². The molecule has 130 valence electrons. The lowest BCUT2D eigenvalue weighted by atomic mass is 9.98. The highest BCUT2D eigenvalue weighted by molar-refractivity contribution is 7.99. The number of pyridine rings is 1. The summed E-state index contributed by atoms with van der Waals surface area (Å²) in [5, 5.41) is 11.1. The number of fused-ring (bicyclic) bond motifs is 1. The molecule has 0 unspecified atom stereocenters. The Morgan fingerprint density at radius 3 is 2.80 bits per heavy atom. The van der Waals surface area contributed by atoms with Crippen LogP contribution in [-0.4, -0.2) is 34.6 Å². The number of hydrogen-bond donors (Lipinski definition) is 0. The summed E-state index contributed by atoms with van der Waals surface area (Å²) in [5.74, 6) is 1.05. The number of thioether (sulfide) groups is 1. The van der Waals surface area contributed by atoms with Crippen LogP contribution in [0.3, 0.4) is 0 Å². The summed E-state index contributed by atoms with van der Waals surface area (Å²) in [6, 6.07) is 10.7. The highest BCUT2D eigenvalue weighted by Gasteiger charge is 2.22. The molecule has 1 aliphatic heterocycles. The molecular weight excluding hydrogens is 330 g/mol. The summed E-state index contributed by atoms with van der Waals surface area (Å²) in [6.45, 7) is 5.63. The minimum absolute atomic E-state index is 0.117. The summed E-state index contributed by atoms with van der Waals surface area (Å²) in [6.07, 6.45) is 2.13. The lowest BCUT2D eigenvalue weighted by molar-refractivity contribution is -0.131. The molecule has 0 atom stereocenters. The minimum atomic E-state index is 0.117. The molecule has 0 spiro atoms. The van der Waals surface area contributed by atoms with E-state index < -0.39 is 0 Å². The van der Waals surface area contributed by atoms with E-state index in [1.807, 2.05) is 4.90 Å². The Hall–Kier alpha value is -2.06. The smallest absolute Gasteiger partial charge is 0.223 e. The molecule has 1 aromatic carbocycles. The molecule has 5 heteroatoms. The first kappa shape index (κ1) is 17.8. The Morgan fingerprint density at radius 1 is 1.32 bits per heavy atom. The number of aryl methyl sites for hydroxylation is 2. The van der Waals surface area contributed by atoms with E-state index in [9.17, 15) is 4.79 Å². The van der Waals surface area contributed by atoms with Crippen molar-refractivity contribution in [3.8, 4) is 6.07 Å². The zero-order chi connectivity index (χ0) is 17.8. The van der Waals surface area contributed by atoms with Gasteiger partial charge in [0.25, 0.3) is 0 Å². The zero-order valence-corrected chi connectivity index (χ0v) is 15.6. The van der Waals surface area contributed by atoms with Crippen molar-refractivity contribution >= 4 is 28.6 Å². The summed E-state index contributed by atoms with van der Waals surface area (Å²) >= 11 is 1.64. The van der Waals surface area contributed by atoms with Gasteiger partial charge in [0.15, 0.2) is 0 Å². The number of likely N-dealkylation sites (tertiary alicyclic amines) is 1. The van der Waals surface area contributed by atoms with Gasteiger partial charge in [-0.25, -0.2) is 4.98 Å². The zero-order valence-electron chi connectivity index (χ0n) is 14.8. The van der Waals surface area contributed by atoms with E-state index in [1.54, 1.807) is 11.8 Å². The van der Waals surface area contributed by atoms with Crippen LogP contribution in [0.4, 0.5) is 0 Å². The lowest BCUT2D eigenvalue weighted by Crippen LogP contribution is -2.38. The first-order valence-electron chi connectivity index (χ1n) is 8.75. The molecular formula is C20H23N3OS. The Balaban J connectivity index is 1.55. The molecule has 1 amide bonds. The molecule has 0 bridgehead atoms. The Kier molecular flexibility index (Phi) is 5.60. The van der Waals surface area contributed by atoms with Crippen LogP contribution in [0, 0.1) is 31.1 Å². The second-order valence-electron chi connectivity index (χ2n) is 6.68. The molecule has 0 aliphatic carbocycles. The van der Waals surface area contributed by atoms with Crippen LogP contribution in [0.1, 0.15) is 30.4 Å². The summed E-state index contributed by atoms with van der Waals surface area (Å²) in [5.41, 5.74) is 3.47. The average molecular weight is 353 g/mol. The van der Waals surface area contributed by atoms with Gasteiger partial charge in [-0.1, -0.05) is 11.6 Å². The van der Waals surface area contributed by atoms with E-state index in [0.29, 0.717) is 19.5 Å². The van der Waals surface area contributed by atoms with Crippen molar-refractivity contribution in [1.29, 1.82) is 5.26 Å². The Labute approximate surface area is 153 Å². The van der Waals surface area contributed by atoms with Crippen molar-refractivity contribution in [3.63, 3.8) is 0 Å². The first-order chi connectivity index (χ1) is 12.1. The van der Waals surface area contributed by atoms with Crippen LogP contribution in [-0.2, 0) is 4.79 Å². The largest absolute Gasteiger partial charge is 0.343 e. The maximum Gasteiger partial charge on any atom is 0.223 e. The number of hydrogen-bond acceptors (Lipinski definition) is 4. The van der Waals surface area contributed by atoms with E-state index in [4.69, 9.17) is 10.2 Å².